The largest absolute Gasteiger partial charge is 0.368 e. The summed E-state index contributed by atoms with van der Waals surface area (Å²) in [6.45, 7) is 2.62. The fourth-order valence-corrected chi connectivity index (χ4v) is 1.67. The summed E-state index contributed by atoms with van der Waals surface area (Å²) in [5.74, 6) is -0.337. The Morgan fingerprint density at radius 3 is 3.00 bits per heavy atom. The number of primary amides is 1. The van der Waals surface area contributed by atoms with E-state index in [1.807, 2.05) is 4.90 Å². The van der Waals surface area contributed by atoms with Crippen molar-refractivity contribution in [3.05, 3.63) is 10.6 Å². The van der Waals surface area contributed by atoms with Crippen LogP contribution in [0.5, 0.6) is 0 Å². The molecular formula is C8H13Cl2N3O. The van der Waals surface area contributed by atoms with Gasteiger partial charge in [0.1, 0.15) is 6.04 Å². The van der Waals surface area contributed by atoms with Gasteiger partial charge in [0.05, 0.1) is 0 Å². The molecule has 0 spiro atoms. The summed E-state index contributed by atoms with van der Waals surface area (Å²) in [7, 11) is 0. The van der Waals surface area contributed by atoms with Crippen LogP contribution in [-0.4, -0.2) is 43.0 Å². The minimum atomic E-state index is -0.337. The van der Waals surface area contributed by atoms with Crippen molar-refractivity contribution < 1.29 is 4.79 Å². The monoisotopic (exact) mass is 237 g/mol. The number of nitrogens with one attached hydrogen (secondary N) is 1. The third kappa shape index (κ3) is 3.13. The zero-order valence-corrected chi connectivity index (χ0v) is 9.18. The lowest BCUT2D eigenvalue weighted by Crippen LogP contribution is -2.57. The molecule has 1 unspecified atom stereocenters. The Kier molecular flexibility index (Phi) is 4.68. The molecule has 0 saturated carbocycles. The molecule has 6 heteroatoms. The van der Waals surface area contributed by atoms with E-state index in [0.29, 0.717) is 18.1 Å². The standard InChI is InChI=1S/C8H13Cl2N3O/c9-3-6(10)5-13-2-1-12-4-7(13)8(11)14/h3,7,12H,1-2,4-5H2,(H2,11,14). The molecule has 1 saturated heterocycles. The predicted octanol–water partition coefficient (Wildman–Crippen LogP) is 0.0645. The molecule has 0 aromatic heterocycles. The Bertz CT molecular complexity index is 245. The van der Waals surface area contributed by atoms with Crippen LogP contribution in [0.2, 0.25) is 0 Å². The summed E-state index contributed by atoms with van der Waals surface area (Å²) in [6, 6.07) is -0.297. The van der Waals surface area contributed by atoms with Gasteiger partial charge in [-0.25, -0.2) is 0 Å². The van der Waals surface area contributed by atoms with Crippen molar-refractivity contribution in [2.45, 2.75) is 6.04 Å². The molecular weight excluding hydrogens is 225 g/mol. The Morgan fingerprint density at radius 2 is 2.43 bits per heavy atom. The van der Waals surface area contributed by atoms with Crippen LogP contribution in [0.1, 0.15) is 0 Å². The van der Waals surface area contributed by atoms with Crippen LogP contribution in [0.25, 0.3) is 0 Å². The van der Waals surface area contributed by atoms with Gasteiger partial charge in [0, 0.05) is 36.7 Å². The summed E-state index contributed by atoms with van der Waals surface area (Å²) < 4.78 is 0. The third-order valence-electron chi connectivity index (χ3n) is 2.16. The van der Waals surface area contributed by atoms with Gasteiger partial charge >= 0.3 is 0 Å². The van der Waals surface area contributed by atoms with Gasteiger partial charge in [-0.2, -0.15) is 0 Å². The molecule has 0 bridgehead atoms. The average molecular weight is 238 g/mol. The van der Waals surface area contributed by atoms with Crippen molar-refractivity contribution in [2.75, 3.05) is 26.2 Å². The van der Waals surface area contributed by atoms with Crippen LogP contribution in [-0.2, 0) is 4.79 Å². The van der Waals surface area contributed by atoms with Gasteiger partial charge in [-0.05, 0) is 0 Å². The lowest BCUT2D eigenvalue weighted by Gasteiger charge is -2.33. The van der Waals surface area contributed by atoms with E-state index in [1.165, 1.54) is 5.54 Å². The molecule has 1 fully saturated rings. The zero-order valence-electron chi connectivity index (χ0n) is 7.67. The molecule has 14 heavy (non-hydrogen) atoms. The summed E-state index contributed by atoms with van der Waals surface area (Å²) in [5, 5.41) is 3.61. The number of nitrogens with two attached hydrogens (primary N) is 1. The van der Waals surface area contributed by atoms with Gasteiger partial charge in [0.25, 0.3) is 0 Å². The number of halogens is 2. The zero-order chi connectivity index (χ0) is 10.6. The van der Waals surface area contributed by atoms with Gasteiger partial charge in [-0.1, -0.05) is 23.2 Å². The highest BCUT2D eigenvalue weighted by Gasteiger charge is 2.26. The topological polar surface area (TPSA) is 58.4 Å². The van der Waals surface area contributed by atoms with Gasteiger partial charge in [-0.3, -0.25) is 9.69 Å². The highest BCUT2D eigenvalue weighted by atomic mass is 35.5. The maximum atomic E-state index is 11.1. The Labute approximate surface area is 93.0 Å². The van der Waals surface area contributed by atoms with Gasteiger partial charge in [0.2, 0.25) is 5.91 Å². The lowest BCUT2D eigenvalue weighted by molar-refractivity contribution is -0.123. The number of hydrogen-bond donors (Lipinski definition) is 2. The quantitative estimate of drug-likeness (QED) is 0.731. The Balaban J connectivity index is 2.58. The molecule has 1 aliphatic heterocycles. The molecule has 0 aliphatic carbocycles. The molecule has 0 radical (unpaired) electrons. The van der Waals surface area contributed by atoms with Crippen molar-refractivity contribution >= 4 is 29.1 Å². The predicted molar refractivity (Wildman–Crippen MR) is 57.2 cm³/mol. The first-order valence-electron chi connectivity index (χ1n) is 4.34. The number of piperazine rings is 1. The van der Waals surface area contributed by atoms with Crippen LogP contribution in [0, 0.1) is 0 Å². The van der Waals surface area contributed by atoms with Crippen LogP contribution >= 0.6 is 23.2 Å². The van der Waals surface area contributed by atoms with E-state index in [2.05, 4.69) is 5.32 Å². The fraction of sp³-hybridized carbons (Fsp3) is 0.625. The first-order chi connectivity index (χ1) is 6.65. The van der Waals surface area contributed by atoms with Crippen molar-refractivity contribution in [3.63, 3.8) is 0 Å². The Morgan fingerprint density at radius 1 is 1.71 bits per heavy atom. The van der Waals surface area contributed by atoms with Crippen molar-refractivity contribution in [1.29, 1.82) is 0 Å². The minimum absolute atomic E-state index is 0.297. The van der Waals surface area contributed by atoms with E-state index in [0.717, 1.165) is 13.1 Å². The summed E-state index contributed by atoms with van der Waals surface area (Å²) in [6.07, 6.45) is 0. The van der Waals surface area contributed by atoms with Gasteiger partial charge in [-0.15, -0.1) is 0 Å². The van der Waals surface area contributed by atoms with E-state index in [-0.39, 0.29) is 11.9 Å². The maximum absolute atomic E-state index is 11.1. The normalized spacial score (nSPS) is 25.0. The number of carbonyl (C=O) groups excluding carboxylic acids is 1. The van der Waals surface area contributed by atoms with Gasteiger partial charge < -0.3 is 11.1 Å². The minimum Gasteiger partial charge on any atom is -0.368 e. The lowest BCUT2D eigenvalue weighted by atomic mass is 10.2. The molecule has 0 aromatic rings. The molecule has 80 valence electrons. The highest BCUT2D eigenvalue weighted by molar-refractivity contribution is 6.36. The van der Waals surface area contributed by atoms with Crippen molar-refractivity contribution in [3.8, 4) is 0 Å². The molecule has 1 amide bonds. The number of nitrogens with zero attached hydrogens (tertiary/aromatic N) is 1. The van der Waals surface area contributed by atoms with Crippen LogP contribution in [0.3, 0.4) is 0 Å². The van der Waals surface area contributed by atoms with Gasteiger partial charge in [0.15, 0.2) is 0 Å². The SMILES string of the molecule is NC(=O)C1CNCCN1CC(Cl)=CCl. The summed E-state index contributed by atoms with van der Waals surface area (Å²) in [5.41, 5.74) is 6.57. The maximum Gasteiger partial charge on any atom is 0.236 e. The van der Waals surface area contributed by atoms with E-state index < -0.39 is 0 Å². The van der Waals surface area contributed by atoms with Crippen LogP contribution in [0.15, 0.2) is 10.6 Å². The summed E-state index contributed by atoms with van der Waals surface area (Å²) in [4.78, 5) is 13.0. The third-order valence-corrected chi connectivity index (χ3v) is 2.76. The van der Waals surface area contributed by atoms with Crippen molar-refractivity contribution in [1.82, 2.24) is 10.2 Å². The van der Waals surface area contributed by atoms with Crippen molar-refractivity contribution in [2.24, 2.45) is 5.73 Å². The highest BCUT2D eigenvalue weighted by Crippen LogP contribution is 2.10. The molecule has 4 nitrogen and oxygen atoms in total. The molecule has 1 heterocycles. The van der Waals surface area contributed by atoms with E-state index in [1.54, 1.807) is 0 Å². The first kappa shape index (κ1) is 11.8. The van der Waals surface area contributed by atoms with Crippen LogP contribution in [0.4, 0.5) is 0 Å². The second-order valence-electron chi connectivity index (χ2n) is 3.15. The van der Waals surface area contributed by atoms with E-state index in [9.17, 15) is 4.79 Å². The Hall–Kier alpha value is -0.290. The second kappa shape index (κ2) is 5.56. The number of amides is 1. The first-order valence-corrected chi connectivity index (χ1v) is 5.15. The average Bonchev–Trinajstić information content (AvgIpc) is 2.18. The van der Waals surface area contributed by atoms with Crippen LogP contribution < -0.4 is 11.1 Å². The number of carbonyl (C=O) groups is 1. The molecule has 0 aromatic carbocycles. The number of hydrogen-bond acceptors (Lipinski definition) is 3. The molecule has 3 N–H and O–H groups in total. The molecule has 1 rings (SSSR count). The summed E-state index contributed by atoms with van der Waals surface area (Å²) >= 11 is 11.2. The second-order valence-corrected chi connectivity index (χ2v) is 3.85. The van der Waals surface area contributed by atoms with E-state index >= 15 is 0 Å². The smallest absolute Gasteiger partial charge is 0.236 e. The number of rotatable bonds is 3. The molecule has 1 aliphatic rings. The van der Waals surface area contributed by atoms with E-state index in [4.69, 9.17) is 28.9 Å². The fourth-order valence-electron chi connectivity index (χ4n) is 1.44. The molecule has 1 atom stereocenters.